The largest absolute Gasteiger partial charge is 0.398 e. The van der Waals surface area contributed by atoms with E-state index in [4.69, 9.17) is 5.73 Å². The molecular weight excluding hydrogens is 202 g/mol. The summed E-state index contributed by atoms with van der Waals surface area (Å²) in [5.74, 6) is 0. The third-order valence-electron chi connectivity index (χ3n) is 2.60. The van der Waals surface area contributed by atoms with Crippen LogP contribution >= 0.6 is 0 Å². The lowest BCUT2D eigenvalue weighted by Gasteiger charge is -2.23. The number of nitrogen functional groups attached to an aromatic ring is 1. The van der Waals surface area contributed by atoms with Crippen LogP contribution in [0, 0.1) is 0 Å². The normalized spacial score (nSPS) is 14.7. The van der Waals surface area contributed by atoms with E-state index in [2.05, 4.69) is 10.3 Å². The monoisotopic (exact) mass is 223 g/mol. The molecule has 1 unspecified atom stereocenters. The van der Waals surface area contributed by atoms with Gasteiger partial charge in [-0.3, -0.25) is 4.98 Å². The molecular formula is C12H21N3O. The van der Waals surface area contributed by atoms with Gasteiger partial charge in [0.1, 0.15) is 0 Å². The van der Waals surface area contributed by atoms with E-state index >= 15 is 0 Å². The molecule has 4 N–H and O–H groups in total. The fraction of sp³-hybridized carbons (Fsp3) is 0.583. The van der Waals surface area contributed by atoms with Gasteiger partial charge in [0.25, 0.3) is 0 Å². The van der Waals surface area contributed by atoms with Crippen LogP contribution < -0.4 is 11.1 Å². The van der Waals surface area contributed by atoms with Crippen molar-refractivity contribution in [1.82, 2.24) is 10.3 Å². The number of anilines is 1. The van der Waals surface area contributed by atoms with Crippen molar-refractivity contribution in [2.75, 3.05) is 18.8 Å². The molecule has 1 aromatic heterocycles. The number of pyridine rings is 1. The van der Waals surface area contributed by atoms with E-state index in [1.54, 1.807) is 18.5 Å². The summed E-state index contributed by atoms with van der Waals surface area (Å²) in [5.41, 5.74) is 6.68. The number of rotatable bonds is 6. The Bertz CT molecular complexity index is 326. The highest BCUT2D eigenvalue weighted by Gasteiger charge is 2.21. The van der Waals surface area contributed by atoms with E-state index < -0.39 is 5.60 Å². The van der Waals surface area contributed by atoms with Gasteiger partial charge in [0.05, 0.1) is 5.60 Å². The van der Waals surface area contributed by atoms with Crippen molar-refractivity contribution in [3.8, 4) is 0 Å². The lowest BCUT2D eigenvalue weighted by molar-refractivity contribution is 0.0518. The van der Waals surface area contributed by atoms with Crippen molar-refractivity contribution in [2.24, 2.45) is 0 Å². The molecule has 4 heteroatoms. The Hall–Kier alpha value is -1.13. The first-order chi connectivity index (χ1) is 7.55. The van der Waals surface area contributed by atoms with Gasteiger partial charge < -0.3 is 16.2 Å². The van der Waals surface area contributed by atoms with Crippen LogP contribution in [0.5, 0.6) is 0 Å². The van der Waals surface area contributed by atoms with E-state index in [0.29, 0.717) is 18.5 Å². The van der Waals surface area contributed by atoms with Gasteiger partial charge in [0, 0.05) is 24.5 Å². The average molecular weight is 223 g/mol. The van der Waals surface area contributed by atoms with E-state index in [0.717, 1.165) is 18.7 Å². The first kappa shape index (κ1) is 12.9. The molecule has 0 saturated heterocycles. The molecule has 16 heavy (non-hydrogen) atoms. The first-order valence-electron chi connectivity index (χ1n) is 5.66. The van der Waals surface area contributed by atoms with Crippen molar-refractivity contribution in [2.45, 2.75) is 32.3 Å². The van der Waals surface area contributed by atoms with Crippen LogP contribution in [-0.2, 0) is 6.42 Å². The van der Waals surface area contributed by atoms with Crippen molar-refractivity contribution in [3.63, 3.8) is 0 Å². The van der Waals surface area contributed by atoms with Crippen LogP contribution in [0.15, 0.2) is 18.5 Å². The van der Waals surface area contributed by atoms with E-state index in [-0.39, 0.29) is 0 Å². The van der Waals surface area contributed by atoms with Gasteiger partial charge in [-0.2, -0.15) is 0 Å². The van der Waals surface area contributed by atoms with Gasteiger partial charge in [-0.05, 0) is 38.1 Å². The molecule has 0 bridgehead atoms. The molecule has 0 aromatic carbocycles. The minimum absolute atomic E-state index is 0.540. The first-order valence-corrected chi connectivity index (χ1v) is 5.66. The quantitative estimate of drug-likeness (QED) is 0.628. The maximum absolute atomic E-state index is 10.2. The fourth-order valence-corrected chi connectivity index (χ4v) is 1.62. The predicted octanol–water partition coefficient (Wildman–Crippen LogP) is 0.957. The summed E-state index contributed by atoms with van der Waals surface area (Å²) in [6, 6.07) is 1.76. The van der Waals surface area contributed by atoms with Crippen molar-refractivity contribution >= 4 is 5.69 Å². The van der Waals surface area contributed by atoms with Crippen molar-refractivity contribution in [3.05, 3.63) is 24.0 Å². The second-order valence-electron chi connectivity index (χ2n) is 4.35. The van der Waals surface area contributed by atoms with Gasteiger partial charge >= 0.3 is 0 Å². The number of nitrogens with one attached hydrogen (secondary N) is 1. The van der Waals surface area contributed by atoms with Crippen LogP contribution in [-0.4, -0.2) is 28.8 Å². The third-order valence-corrected chi connectivity index (χ3v) is 2.60. The Kier molecular flexibility index (Phi) is 4.71. The maximum Gasteiger partial charge on any atom is 0.0673 e. The van der Waals surface area contributed by atoms with Gasteiger partial charge in [0.15, 0.2) is 0 Å². The molecule has 0 saturated carbocycles. The maximum atomic E-state index is 10.2. The van der Waals surface area contributed by atoms with E-state index in [1.165, 1.54) is 0 Å². The molecule has 0 radical (unpaired) electrons. The molecule has 4 nitrogen and oxygen atoms in total. The van der Waals surface area contributed by atoms with Gasteiger partial charge in [0.2, 0.25) is 0 Å². The molecule has 0 fully saturated rings. The lowest BCUT2D eigenvalue weighted by atomic mass is 9.93. The summed E-state index contributed by atoms with van der Waals surface area (Å²) in [6.07, 6.45) is 4.62. The summed E-state index contributed by atoms with van der Waals surface area (Å²) in [5, 5.41) is 13.4. The van der Waals surface area contributed by atoms with Crippen LogP contribution in [0.4, 0.5) is 5.69 Å². The highest BCUT2D eigenvalue weighted by molar-refractivity contribution is 5.44. The summed E-state index contributed by atoms with van der Waals surface area (Å²) < 4.78 is 0. The second kappa shape index (κ2) is 5.82. The molecule has 1 aromatic rings. The Morgan fingerprint density at radius 2 is 2.31 bits per heavy atom. The Labute approximate surface area is 96.9 Å². The van der Waals surface area contributed by atoms with Crippen LogP contribution in [0.1, 0.15) is 25.8 Å². The number of nitrogens with zero attached hydrogens (tertiary/aromatic N) is 1. The number of nitrogens with two attached hydrogens (primary N) is 1. The summed E-state index contributed by atoms with van der Waals surface area (Å²) >= 11 is 0. The minimum Gasteiger partial charge on any atom is -0.398 e. The molecule has 90 valence electrons. The number of hydrogen-bond donors (Lipinski definition) is 3. The molecule has 1 rings (SSSR count). The number of aromatic nitrogens is 1. The minimum atomic E-state index is -0.737. The predicted molar refractivity (Wildman–Crippen MR) is 66.1 cm³/mol. The highest BCUT2D eigenvalue weighted by atomic mass is 16.3. The summed E-state index contributed by atoms with van der Waals surface area (Å²) in [4.78, 5) is 4.02. The Balaban J connectivity index is 2.55. The zero-order valence-electron chi connectivity index (χ0n) is 10.0. The second-order valence-corrected chi connectivity index (χ2v) is 4.35. The molecule has 0 aliphatic carbocycles. The number of hydrogen-bond acceptors (Lipinski definition) is 4. The van der Waals surface area contributed by atoms with E-state index in [1.807, 2.05) is 13.8 Å². The van der Waals surface area contributed by atoms with Crippen LogP contribution in [0.25, 0.3) is 0 Å². The molecule has 0 aliphatic heterocycles. The number of aliphatic hydroxyl groups is 1. The third kappa shape index (κ3) is 4.16. The molecule has 1 heterocycles. The Morgan fingerprint density at radius 3 is 2.94 bits per heavy atom. The standard InChI is InChI=1S/C12H21N3O/c1-3-14-7-5-12(2,16)8-10-9-15-6-4-11(10)13/h4,6,9,14,16H,3,5,7-8H2,1-2H3,(H2,13,15). The zero-order chi connectivity index (χ0) is 12.0. The van der Waals surface area contributed by atoms with Crippen molar-refractivity contribution < 1.29 is 5.11 Å². The average Bonchev–Trinajstić information content (AvgIpc) is 2.21. The van der Waals surface area contributed by atoms with E-state index in [9.17, 15) is 5.11 Å². The van der Waals surface area contributed by atoms with Gasteiger partial charge in [-0.25, -0.2) is 0 Å². The lowest BCUT2D eigenvalue weighted by Crippen LogP contribution is -2.32. The van der Waals surface area contributed by atoms with Gasteiger partial charge in [-0.15, -0.1) is 0 Å². The van der Waals surface area contributed by atoms with Crippen LogP contribution in [0.2, 0.25) is 0 Å². The molecule has 1 atom stereocenters. The summed E-state index contributed by atoms with van der Waals surface area (Å²) in [6.45, 7) is 5.61. The smallest absolute Gasteiger partial charge is 0.0673 e. The molecule has 0 spiro atoms. The fourth-order valence-electron chi connectivity index (χ4n) is 1.62. The van der Waals surface area contributed by atoms with Crippen molar-refractivity contribution in [1.29, 1.82) is 0 Å². The molecule has 0 amide bonds. The molecule has 0 aliphatic rings. The Morgan fingerprint density at radius 1 is 1.56 bits per heavy atom. The summed E-state index contributed by atoms with van der Waals surface area (Å²) in [7, 11) is 0. The highest BCUT2D eigenvalue weighted by Crippen LogP contribution is 2.19. The topological polar surface area (TPSA) is 71.2 Å². The van der Waals surface area contributed by atoms with Crippen LogP contribution in [0.3, 0.4) is 0 Å². The zero-order valence-corrected chi connectivity index (χ0v) is 10.0. The van der Waals surface area contributed by atoms with Gasteiger partial charge in [-0.1, -0.05) is 6.92 Å². The SMILES string of the molecule is CCNCCC(C)(O)Cc1cnccc1N.